The average Bonchev–Trinajstić information content (AvgIpc) is 2.56. The third-order valence-electron chi connectivity index (χ3n) is 3.78. The molecular weight excluding hydrogens is 339 g/mol. The molecule has 0 radical (unpaired) electrons. The first-order chi connectivity index (χ1) is 10.7. The van der Waals surface area contributed by atoms with Gasteiger partial charge in [0.2, 0.25) is 5.91 Å². The first-order valence-electron chi connectivity index (χ1n) is 7.59. The monoisotopic (exact) mass is 362 g/mol. The Morgan fingerprint density at radius 3 is 2.70 bits per heavy atom. The molecule has 1 aliphatic rings. The molecule has 1 heterocycles. The maximum atomic E-state index is 12.3. The van der Waals surface area contributed by atoms with Crippen molar-refractivity contribution >= 4 is 35.6 Å². The number of nitrogens with zero attached hydrogens (tertiary/aromatic N) is 2. The quantitative estimate of drug-likeness (QED) is 0.780. The van der Waals surface area contributed by atoms with Crippen molar-refractivity contribution in [3.63, 3.8) is 0 Å². The summed E-state index contributed by atoms with van der Waals surface area (Å²) in [5, 5.41) is 0.594. The Hall–Kier alpha value is -1.01. The van der Waals surface area contributed by atoms with Crippen LogP contribution in [0.15, 0.2) is 18.2 Å². The van der Waals surface area contributed by atoms with Crippen LogP contribution in [0.5, 0.6) is 5.75 Å². The van der Waals surface area contributed by atoms with E-state index in [-0.39, 0.29) is 18.3 Å². The van der Waals surface area contributed by atoms with E-state index in [9.17, 15) is 4.79 Å². The standard InChI is InChI=1S/C16H23ClN2O3.ClH/c1-3-16(20)19(7-6-18-8-10-22-11-9-18)14-12-13(17)4-5-15(14)21-2;/h4-5,12H,3,6-11H2,1-2H3;1H. The largest absolute Gasteiger partial charge is 0.495 e. The molecule has 0 N–H and O–H groups in total. The minimum absolute atomic E-state index is 0. The highest BCUT2D eigenvalue weighted by Crippen LogP contribution is 2.31. The molecule has 0 saturated carbocycles. The van der Waals surface area contributed by atoms with Crippen LogP contribution in [0.1, 0.15) is 13.3 Å². The van der Waals surface area contributed by atoms with Gasteiger partial charge in [-0.15, -0.1) is 12.4 Å². The Balaban J connectivity index is 0.00000264. The molecule has 1 saturated heterocycles. The summed E-state index contributed by atoms with van der Waals surface area (Å²) in [6.45, 7) is 6.60. The maximum Gasteiger partial charge on any atom is 0.226 e. The van der Waals surface area contributed by atoms with Gasteiger partial charge in [-0.25, -0.2) is 0 Å². The molecule has 0 unspecified atom stereocenters. The van der Waals surface area contributed by atoms with E-state index in [0.717, 1.165) is 38.5 Å². The minimum Gasteiger partial charge on any atom is -0.495 e. The van der Waals surface area contributed by atoms with Crippen LogP contribution in [0.25, 0.3) is 0 Å². The van der Waals surface area contributed by atoms with Gasteiger partial charge in [-0.05, 0) is 18.2 Å². The molecule has 130 valence electrons. The Morgan fingerprint density at radius 1 is 1.39 bits per heavy atom. The highest BCUT2D eigenvalue weighted by molar-refractivity contribution is 6.31. The van der Waals surface area contributed by atoms with Crippen LogP contribution >= 0.6 is 24.0 Å². The zero-order valence-electron chi connectivity index (χ0n) is 13.6. The highest BCUT2D eigenvalue weighted by Gasteiger charge is 2.20. The van der Waals surface area contributed by atoms with Gasteiger partial charge in [-0.1, -0.05) is 18.5 Å². The summed E-state index contributed by atoms with van der Waals surface area (Å²) in [7, 11) is 1.60. The first-order valence-corrected chi connectivity index (χ1v) is 7.97. The van der Waals surface area contributed by atoms with Crippen molar-refractivity contribution in [1.82, 2.24) is 4.90 Å². The predicted octanol–water partition coefficient (Wildman–Crippen LogP) is 2.85. The van der Waals surface area contributed by atoms with Crippen LogP contribution in [0.2, 0.25) is 5.02 Å². The fraction of sp³-hybridized carbons (Fsp3) is 0.562. The van der Waals surface area contributed by atoms with E-state index < -0.39 is 0 Å². The molecule has 5 nitrogen and oxygen atoms in total. The second kappa shape index (κ2) is 9.98. The number of methoxy groups -OCH3 is 1. The van der Waals surface area contributed by atoms with Crippen molar-refractivity contribution in [3.05, 3.63) is 23.2 Å². The number of morpholine rings is 1. The van der Waals surface area contributed by atoms with Gasteiger partial charge in [-0.2, -0.15) is 0 Å². The smallest absolute Gasteiger partial charge is 0.226 e. The summed E-state index contributed by atoms with van der Waals surface area (Å²) in [6.07, 6.45) is 0.443. The molecule has 1 aliphatic heterocycles. The minimum atomic E-state index is 0. The van der Waals surface area contributed by atoms with Crippen molar-refractivity contribution in [2.45, 2.75) is 13.3 Å². The molecule has 1 fully saturated rings. The molecule has 0 atom stereocenters. The number of carbonyl (C=O) groups is 1. The van der Waals surface area contributed by atoms with Crippen LogP contribution in [0.4, 0.5) is 5.69 Å². The average molecular weight is 363 g/mol. The Labute approximate surface area is 148 Å². The van der Waals surface area contributed by atoms with E-state index in [4.69, 9.17) is 21.1 Å². The van der Waals surface area contributed by atoms with Crippen LogP contribution in [-0.2, 0) is 9.53 Å². The summed E-state index contributed by atoms with van der Waals surface area (Å²) in [5.74, 6) is 0.724. The second-order valence-electron chi connectivity index (χ2n) is 5.17. The Bertz CT molecular complexity index is 508. The molecule has 0 aliphatic carbocycles. The van der Waals surface area contributed by atoms with Crippen molar-refractivity contribution < 1.29 is 14.3 Å². The summed E-state index contributed by atoms with van der Waals surface area (Å²) in [4.78, 5) is 16.4. The second-order valence-corrected chi connectivity index (χ2v) is 5.61. The van der Waals surface area contributed by atoms with E-state index in [0.29, 0.717) is 23.7 Å². The van der Waals surface area contributed by atoms with Crippen molar-refractivity contribution in [3.8, 4) is 5.75 Å². The first kappa shape index (κ1) is 20.0. The fourth-order valence-electron chi connectivity index (χ4n) is 2.51. The maximum absolute atomic E-state index is 12.3. The highest BCUT2D eigenvalue weighted by atomic mass is 35.5. The molecule has 1 aromatic carbocycles. The SMILES string of the molecule is CCC(=O)N(CCN1CCOCC1)c1cc(Cl)ccc1OC.Cl. The van der Waals surface area contributed by atoms with Gasteiger partial charge in [-0.3, -0.25) is 9.69 Å². The molecular formula is C16H24Cl2N2O3. The number of benzene rings is 1. The van der Waals surface area contributed by atoms with Gasteiger partial charge >= 0.3 is 0 Å². The lowest BCUT2D eigenvalue weighted by Crippen LogP contribution is -2.43. The summed E-state index contributed by atoms with van der Waals surface area (Å²) in [6, 6.07) is 5.34. The third-order valence-corrected chi connectivity index (χ3v) is 4.01. The zero-order valence-corrected chi connectivity index (χ0v) is 15.2. The lowest BCUT2D eigenvalue weighted by Gasteiger charge is -2.30. The molecule has 7 heteroatoms. The van der Waals surface area contributed by atoms with E-state index in [1.54, 1.807) is 30.2 Å². The van der Waals surface area contributed by atoms with Gasteiger partial charge in [0.15, 0.2) is 0 Å². The van der Waals surface area contributed by atoms with Crippen LogP contribution in [0, 0.1) is 0 Å². The number of anilines is 1. The van der Waals surface area contributed by atoms with E-state index >= 15 is 0 Å². The Kier molecular flexibility index (Phi) is 8.69. The number of carbonyl (C=O) groups excluding carboxylic acids is 1. The van der Waals surface area contributed by atoms with Crippen molar-refractivity contribution in [2.75, 3.05) is 51.4 Å². The fourth-order valence-corrected chi connectivity index (χ4v) is 2.68. The molecule has 1 amide bonds. The van der Waals surface area contributed by atoms with E-state index in [1.165, 1.54) is 0 Å². The van der Waals surface area contributed by atoms with Crippen LogP contribution < -0.4 is 9.64 Å². The van der Waals surface area contributed by atoms with Crippen molar-refractivity contribution in [1.29, 1.82) is 0 Å². The summed E-state index contributed by atoms with van der Waals surface area (Å²) < 4.78 is 10.7. The number of hydrogen-bond acceptors (Lipinski definition) is 4. The predicted molar refractivity (Wildman–Crippen MR) is 95.2 cm³/mol. The van der Waals surface area contributed by atoms with E-state index in [2.05, 4.69) is 4.90 Å². The summed E-state index contributed by atoms with van der Waals surface area (Å²) in [5.41, 5.74) is 0.732. The number of rotatable bonds is 6. The molecule has 0 bridgehead atoms. The normalized spacial score (nSPS) is 14.9. The molecule has 1 aromatic rings. The lowest BCUT2D eigenvalue weighted by atomic mass is 10.2. The lowest BCUT2D eigenvalue weighted by molar-refractivity contribution is -0.118. The molecule has 0 aromatic heterocycles. The molecule has 2 rings (SSSR count). The molecule has 0 spiro atoms. The van der Waals surface area contributed by atoms with Gasteiger partial charge in [0, 0.05) is 37.6 Å². The van der Waals surface area contributed by atoms with Crippen LogP contribution in [0.3, 0.4) is 0 Å². The van der Waals surface area contributed by atoms with E-state index in [1.807, 2.05) is 6.92 Å². The summed E-state index contributed by atoms with van der Waals surface area (Å²) >= 11 is 6.09. The number of halogens is 2. The van der Waals surface area contributed by atoms with Gasteiger partial charge in [0.1, 0.15) is 5.75 Å². The number of ether oxygens (including phenoxy) is 2. The third kappa shape index (κ3) is 5.53. The van der Waals surface area contributed by atoms with Gasteiger partial charge in [0.05, 0.1) is 26.0 Å². The number of hydrogen-bond donors (Lipinski definition) is 0. The zero-order chi connectivity index (χ0) is 15.9. The van der Waals surface area contributed by atoms with Gasteiger partial charge < -0.3 is 14.4 Å². The topological polar surface area (TPSA) is 42.0 Å². The Morgan fingerprint density at radius 2 is 2.09 bits per heavy atom. The molecule has 23 heavy (non-hydrogen) atoms. The van der Waals surface area contributed by atoms with Crippen LogP contribution in [-0.4, -0.2) is 57.3 Å². The van der Waals surface area contributed by atoms with Crippen molar-refractivity contribution in [2.24, 2.45) is 0 Å². The number of amides is 1. The van der Waals surface area contributed by atoms with Gasteiger partial charge in [0.25, 0.3) is 0 Å².